The third-order valence-corrected chi connectivity index (χ3v) is 3.84. The lowest BCUT2D eigenvalue weighted by atomic mass is 9.77. The van der Waals surface area contributed by atoms with Gasteiger partial charge in [0.2, 0.25) is 5.91 Å². The zero-order valence-electron chi connectivity index (χ0n) is 13.5. The molecule has 1 aliphatic heterocycles. The predicted molar refractivity (Wildman–Crippen MR) is 85.3 cm³/mol. The van der Waals surface area contributed by atoms with Crippen LogP contribution in [0.15, 0.2) is 24.3 Å². The molecule has 0 atom stereocenters. The van der Waals surface area contributed by atoms with Crippen molar-refractivity contribution in [3.05, 3.63) is 35.4 Å². The molecule has 1 aliphatic rings. The second-order valence-corrected chi connectivity index (χ2v) is 5.40. The molecule has 2 rings (SSSR count). The molecule has 0 spiro atoms. The molecular formula is C16H21N3O5. The van der Waals surface area contributed by atoms with E-state index in [1.165, 1.54) is 0 Å². The highest BCUT2D eigenvalue weighted by Crippen LogP contribution is 2.33. The number of amides is 1. The monoisotopic (exact) mass is 335 g/mol. The van der Waals surface area contributed by atoms with Crippen molar-refractivity contribution in [2.75, 3.05) is 26.4 Å². The molecule has 0 aromatic heterocycles. The molecule has 0 saturated carbocycles. The molecule has 1 fully saturated rings. The summed E-state index contributed by atoms with van der Waals surface area (Å²) in [5.41, 5.74) is 3.16. The van der Waals surface area contributed by atoms with Crippen molar-refractivity contribution in [1.29, 1.82) is 5.41 Å². The van der Waals surface area contributed by atoms with Gasteiger partial charge in [0.15, 0.2) is 0 Å². The largest absolute Gasteiger partial charge is 0.473 e. The van der Waals surface area contributed by atoms with Gasteiger partial charge in [-0.15, -0.1) is 0 Å². The maximum absolute atomic E-state index is 12.0. The summed E-state index contributed by atoms with van der Waals surface area (Å²) < 4.78 is 14.9. The van der Waals surface area contributed by atoms with Crippen LogP contribution in [-0.4, -0.2) is 44.2 Å². The van der Waals surface area contributed by atoms with E-state index in [0.717, 1.165) is 11.1 Å². The fourth-order valence-electron chi connectivity index (χ4n) is 2.42. The van der Waals surface area contributed by atoms with E-state index in [1.54, 1.807) is 6.92 Å². The Morgan fingerprint density at radius 2 is 2.12 bits per heavy atom. The van der Waals surface area contributed by atoms with Gasteiger partial charge in [0.05, 0.1) is 26.4 Å². The lowest BCUT2D eigenvalue weighted by Gasteiger charge is -2.39. The van der Waals surface area contributed by atoms with Crippen LogP contribution in [0.1, 0.15) is 18.1 Å². The predicted octanol–water partition coefficient (Wildman–Crippen LogP) is 0.0440. The van der Waals surface area contributed by atoms with E-state index in [2.05, 4.69) is 10.2 Å². The van der Waals surface area contributed by atoms with Crippen LogP contribution in [0.25, 0.3) is 0 Å². The van der Waals surface area contributed by atoms with Crippen LogP contribution in [0.3, 0.4) is 0 Å². The minimum absolute atomic E-state index is 0.160. The molecule has 0 radical (unpaired) electrons. The topological polar surface area (TPSA) is 124 Å². The number of carbonyl (C=O) groups is 2. The Labute approximate surface area is 139 Å². The first kappa shape index (κ1) is 17.9. The summed E-state index contributed by atoms with van der Waals surface area (Å²) in [7, 11) is 0. The molecule has 8 heteroatoms. The van der Waals surface area contributed by atoms with Gasteiger partial charge in [-0.05, 0) is 18.1 Å². The zero-order chi connectivity index (χ0) is 17.6. The molecule has 4 N–H and O–H groups in total. The minimum atomic E-state index is -0.781. The molecular weight excluding hydrogens is 314 g/mol. The average molecular weight is 335 g/mol. The average Bonchev–Trinajstić information content (AvgIpc) is 2.54. The Morgan fingerprint density at radius 3 is 2.71 bits per heavy atom. The minimum Gasteiger partial charge on any atom is -0.473 e. The molecule has 0 bridgehead atoms. The van der Waals surface area contributed by atoms with Crippen molar-refractivity contribution < 1.29 is 23.8 Å². The van der Waals surface area contributed by atoms with Crippen LogP contribution < -0.4 is 11.3 Å². The van der Waals surface area contributed by atoms with Gasteiger partial charge in [-0.3, -0.25) is 15.6 Å². The smallest absolute Gasteiger partial charge is 0.393 e. The summed E-state index contributed by atoms with van der Waals surface area (Å²) in [6.45, 7) is 2.58. The summed E-state index contributed by atoms with van der Waals surface area (Å²) in [6.07, 6.45) is 0.483. The van der Waals surface area contributed by atoms with Crippen LogP contribution in [0.2, 0.25) is 0 Å². The highest BCUT2D eigenvalue weighted by Gasteiger charge is 2.47. The molecule has 24 heavy (non-hydrogen) atoms. The number of esters is 1. The fraction of sp³-hybridized carbons (Fsp3) is 0.438. The van der Waals surface area contributed by atoms with Gasteiger partial charge in [-0.2, -0.15) is 0 Å². The Morgan fingerprint density at radius 1 is 1.38 bits per heavy atom. The summed E-state index contributed by atoms with van der Waals surface area (Å²) in [6, 6.07) is 7.46. The first-order valence-corrected chi connectivity index (χ1v) is 7.60. The standard InChI is InChI=1S/C16H21N3O5/c1-2-23-14(20)13(17)24-7-6-11-4-3-5-12(8-11)16(9-22-10-16)15(21)19-18/h3-5,8,17H,2,6-7,9-10,18H2,1H3,(H,19,21). The molecule has 1 saturated heterocycles. The number of benzene rings is 1. The Hall–Kier alpha value is -2.45. The Balaban J connectivity index is 1.97. The summed E-state index contributed by atoms with van der Waals surface area (Å²) in [4.78, 5) is 23.3. The van der Waals surface area contributed by atoms with Crippen molar-refractivity contribution in [3.63, 3.8) is 0 Å². The number of nitrogens with two attached hydrogens (primary N) is 1. The van der Waals surface area contributed by atoms with Gasteiger partial charge >= 0.3 is 5.97 Å². The van der Waals surface area contributed by atoms with Crippen LogP contribution in [-0.2, 0) is 35.6 Å². The van der Waals surface area contributed by atoms with Crippen LogP contribution in [0, 0.1) is 5.41 Å². The van der Waals surface area contributed by atoms with Crippen LogP contribution in [0.4, 0.5) is 0 Å². The van der Waals surface area contributed by atoms with Gasteiger partial charge in [0.25, 0.3) is 5.90 Å². The molecule has 0 unspecified atom stereocenters. The second-order valence-electron chi connectivity index (χ2n) is 5.40. The van der Waals surface area contributed by atoms with E-state index in [4.69, 9.17) is 20.7 Å². The number of rotatable bonds is 6. The van der Waals surface area contributed by atoms with Gasteiger partial charge in [-0.1, -0.05) is 24.3 Å². The molecule has 1 aromatic carbocycles. The van der Waals surface area contributed by atoms with Gasteiger partial charge in [-0.25, -0.2) is 10.6 Å². The highest BCUT2D eigenvalue weighted by molar-refractivity contribution is 6.31. The maximum Gasteiger partial charge on any atom is 0.393 e. The van der Waals surface area contributed by atoms with E-state index in [0.29, 0.717) is 6.42 Å². The lowest BCUT2D eigenvalue weighted by Crippen LogP contribution is -2.59. The number of nitrogens with one attached hydrogen (secondary N) is 2. The lowest BCUT2D eigenvalue weighted by molar-refractivity contribution is -0.145. The number of hydrogen-bond donors (Lipinski definition) is 3. The number of hydrazine groups is 1. The Bertz CT molecular complexity index is 628. The van der Waals surface area contributed by atoms with Crippen molar-refractivity contribution in [1.82, 2.24) is 5.43 Å². The maximum atomic E-state index is 12.0. The first-order valence-electron chi connectivity index (χ1n) is 7.60. The molecule has 130 valence electrons. The van der Waals surface area contributed by atoms with Gasteiger partial charge in [0, 0.05) is 6.42 Å². The van der Waals surface area contributed by atoms with Crippen molar-refractivity contribution in [2.45, 2.75) is 18.8 Å². The number of hydrogen-bond acceptors (Lipinski definition) is 7. The Kier molecular flexibility index (Phi) is 5.88. The SMILES string of the molecule is CCOC(=O)C(=N)OCCc1cccc(C2(C(=O)NN)COC2)c1. The summed E-state index contributed by atoms with van der Waals surface area (Å²) >= 11 is 0. The second kappa shape index (κ2) is 7.89. The third-order valence-electron chi connectivity index (χ3n) is 3.84. The van der Waals surface area contributed by atoms with Crippen molar-refractivity contribution >= 4 is 17.8 Å². The number of carbonyl (C=O) groups excluding carboxylic acids is 2. The van der Waals surface area contributed by atoms with E-state index in [1.807, 2.05) is 24.3 Å². The molecule has 1 aromatic rings. The van der Waals surface area contributed by atoms with Crippen LogP contribution in [0.5, 0.6) is 0 Å². The summed E-state index contributed by atoms with van der Waals surface area (Å²) in [5, 5.41) is 7.45. The molecule has 1 heterocycles. The zero-order valence-corrected chi connectivity index (χ0v) is 13.5. The van der Waals surface area contributed by atoms with E-state index < -0.39 is 17.3 Å². The molecule has 0 aliphatic carbocycles. The van der Waals surface area contributed by atoms with Crippen LogP contribution >= 0.6 is 0 Å². The quantitative estimate of drug-likeness (QED) is 0.168. The van der Waals surface area contributed by atoms with Gasteiger partial charge in [0.1, 0.15) is 5.41 Å². The third kappa shape index (κ3) is 3.72. The molecule has 1 amide bonds. The fourth-order valence-corrected chi connectivity index (χ4v) is 2.42. The van der Waals surface area contributed by atoms with E-state index in [-0.39, 0.29) is 32.3 Å². The number of ether oxygens (including phenoxy) is 3. The summed E-state index contributed by atoms with van der Waals surface area (Å²) in [5.74, 6) is 3.69. The first-order chi connectivity index (χ1) is 11.5. The van der Waals surface area contributed by atoms with Gasteiger partial charge < -0.3 is 14.2 Å². The highest BCUT2D eigenvalue weighted by atomic mass is 16.6. The molecule has 8 nitrogen and oxygen atoms in total. The van der Waals surface area contributed by atoms with Crippen molar-refractivity contribution in [3.8, 4) is 0 Å². The van der Waals surface area contributed by atoms with Crippen molar-refractivity contribution in [2.24, 2.45) is 5.84 Å². The normalized spacial score (nSPS) is 15.1. The van der Waals surface area contributed by atoms with E-state index >= 15 is 0 Å². The van der Waals surface area contributed by atoms with E-state index in [9.17, 15) is 9.59 Å².